The van der Waals surface area contributed by atoms with Crippen molar-refractivity contribution in [1.82, 2.24) is 10.2 Å². The van der Waals surface area contributed by atoms with Crippen LogP contribution in [0.15, 0.2) is 0 Å². The van der Waals surface area contributed by atoms with Gasteiger partial charge >= 0.3 is 12.1 Å². The largest absolute Gasteiger partial charge is 0.458 e. The van der Waals surface area contributed by atoms with Gasteiger partial charge in [-0.15, -0.1) is 0 Å². The number of carbonyl (C=O) groups is 4. The van der Waals surface area contributed by atoms with Crippen molar-refractivity contribution >= 4 is 23.6 Å². The molecule has 1 amide bonds. The number of fused-ring (bicyclic) bond motifs is 1. The number of rotatable bonds is 5. The first-order valence-corrected chi connectivity index (χ1v) is 15.0. The van der Waals surface area contributed by atoms with Crippen LogP contribution in [-0.4, -0.2) is 109 Å². The van der Waals surface area contributed by atoms with E-state index in [-0.39, 0.29) is 30.8 Å². The Hall–Kier alpha value is -2.12. The number of ether oxygens (including phenoxy) is 5. The molecule has 12 nitrogen and oxygen atoms in total. The van der Waals surface area contributed by atoms with Gasteiger partial charge in [0.15, 0.2) is 17.7 Å². The van der Waals surface area contributed by atoms with E-state index < -0.39 is 77.4 Å². The fourth-order valence-corrected chi connectivity index (χ4v) is 6.67. The van der Waals surface area contributed by atoms with Crippen LogP contribution in [0.4, 0.5) is 4.79 Å². The molecule has 240 valence electrons. The molecule has 0 radical (unpaired) electrons. The van der Waals surface area contributed by atoms with Crippen molar-refractivity contribution in [3.63, 3.8) is 0 Å². The van der Waals surface area contributed by atoms with Gasteiger partial charge in [0.2, 0.25) is 0 Å². The average Bonchev–Trinajstić information content (AvgIpc) is 3.22. The SMILES string of the molecule is CC[C@H]1OC(=O)[C@H](C)C(=O)[C@H](C)[C@@H](O[C@@H]2O[C@H](C)C[C@H](N(C)C)[C@H]2O)[C@@](C)(OC)C[C@@H](C)C(=O)C[C@H]2NC(=O)O[C@@]21C. The number of aliphatic hydroxyl groups excluding tert-OH is 1. The molecule has 3 heterocycles. The van der Waals surface area contributed by atoms with Crippen LogP contribution in [-0.2, 0) is 38.1 Å². The molecule has 3 aliphatic rings. The van der Waals surface area contributed by atoms with E-state index in [0.29, 0.717) is 12.8 Å². The summed E-state index contributed by atoms with van der Waals surface area (Å²) >= 11 is 0. The summed E-state index contributed by atoms with van der Waals surface area (Å²) in [6.45, 7) is 11.9. The number of nitrogens with zero attached hydrogens (tertiary/aromatic N) is 1. The van der Waals surface area contributed by atoms with Gasteiger partial charge in [0.05, 0.1) is 23.9 Å². The van der Waals surface area contributed by atoms with E-state index in [4.69, 9.17) is 23.7 Å². The van der Waals surface area contributed by atoms with Gasteiger partial charge < -0.3 is 39.0 Å². The fraction of sp³-hybridized carbons (Fsp3) is 0.867. The van der Waals surface area contributed by atoms with Gasteiger partial charge in [-0.1, -0.05) is 20.8 Å². The Morgan fingerprint density at radius 2 is 1.74 bits per heavy atom. The average molecular weight is 599 g/mol. The molecule has 3 aliphatic heterocycles. The Labute approximate surface area is 249 Å². The second-order valence-electron chi connectivity index (χ2n) is 12.9. The smallest absolute Gasteiger partial charge is 0.408 e. The molecule has 0 saturated carbocycles. The second-order valence-corrected chi connectivity index (χ2v) is 12.9. The fourth-order valence-electron chi connectivity index (χ4n) is 6.67. The third-order valence-electron chi connectivity index (χ3n) is 9.54. The zero-order valence-electron chi connectivity index (χ0n) is 26.7. The number of ketones is 2. The number of methoxy groups -OCH3 is 1. The van der Waals surface area contributed by atoms with Gasteiger partial charge in [-0.3, -0.25) is 14.4 Å². The summed E-state index contributed by atoms with van der Waals surface area (Å²) in [5.41, 5.74) is -2.51. The van der Waals surface area contributed by atoms with Crippen molar-refractivity contribution in [3.8, 4) is 0 Å². The number of alkyl carbamates (subject to hydrolysis) is 1. The molecule has 0 aliphatic carbocycles. The normalized spacial score (nSPS) is 44.2. The highest BCUT2D eigenvalue weighted by molar-refractivity contribution is 6.00. The molecule has 42 heavy (non-hydrogen) atoms. The lowest BCUT2D eigenvalue weighted by atomic mass is 9.76. The number of cyclic esters (lactones) is 1. The number of nitrogens with one attached hydrogen (secondary N) is 1. The monoisotopic (exact) mass is 598 g/mol. The number of Topliss-reactive ketones (excluding diaryl/α,β-unsaturated/α-hetero) is 2. The third-order valence-corrected chi connectivity index (χ3v) is 9.54. The minimum Gasteiger partial charge on any atom is -0.458 e. The highest BCUT2D eigenvalue weighted by atomic mass is 16.7. The van der Waals surface area contributed by atoms with Crippen LogP contribution in [0.2, 0.25) is 0 Å². The molecule has 0 spiro atoms. The third kappa shape index (κ3) is 6.83. The zero-order chi connectivity index (χ0) is 31.7. The van der Waals surface area contributed by atoms with E-state index in [1.807, 2.05) is 25.9 Å². The molecular formula is C30H50N2O10. The van der Waals surface area contributed by atoms with Crippen LogP contribution in [0.1, 0.15) is 74.1 Å². The predicted molar refractivity (Wildman–Crippen MR) is 151 cm³/mol. The summed E-state index contributed by atoms with van der Waals surface area (Å²) in [6.07, 6.45) is -3.95. The molecule has 0 aromatic carbocycles. The molecule has 3 rings (SSSR count). The van der Waals surface area contributed by atoms with Gasteiger partial charge in [0.1, 0.15) is 23.9 Å². The number of amides is 1. The summed E-state index contributed by atoms with van der Waals surface area (Å²) in [7, 11) is 5.20. The summed E-state index contributed by atoms with van der Waals surface area (Å²) in [5.74, 6) is -4.06. The second kappa shape index (κ2) is 13.3. The Morgan fingerprint density at radius 1 is 1.10 bits per heavy atom. The molecule has 12 atom stereocenters. The van der Waals surface area contributed by atoms with Crippen LogP contribution in [0.5, 0.6) is 0 Å². The topological polar surface area (TPSA) is 150 Å². The molecule has 2 N–H and O–H groups in total. The lowest BCUT2D eigenvalue weighted by Gasteiger charge is -2.46. The number of aliphatic hydroxyl groups is 1. The summed E-state index contributed by atoms with van der Waals surface area (Å²) in [4.78, 5) is 55.1. The predicted octanol–water partition coefficient (Wildman–Crippen LogP) is 2.23. The maximum Gasteiger partial charge on any atom is 0.408 e. The lowest BCUT2D eigenvalue weighted by molar-refractivity contribution is -0.295. The maximum absolute atomic E-state index is 13.9. The Morgan fingerprint density at radius 3 is 2.31 bits per heavy atom. The summed E-state index contributed by atoms with van der Waals surface area (Å²) in [5, 5.41) is 13.9. The van der Waals surface area contributed by atoms with Crippen molar-refractivity contribution in [1.29, 1.82) is 0 Å². The molecule has 3 saturated heterocycles. The van der Waals surface area contributed by atoms with Gasteiger partial charge in [0, 0.05) is 31.4 Å². The molecule has 0 aromatic heterocycles. The van der Waals surface area contributed by atoms with Gasteiger partial charge in [0.25, 0.3) is 0 Å². The molecule has 0 unspecified atom stereocenters. The quantitative estimate of drug-likeness (QED) is 0.354. The first kappa shape index (κ1) is 34.4. The number of carbonyl (C=O) groups excluding carboxylic acids is 4. The van der Waals surface area contributed by atoms with Crippen molar-refractivity contribution < 1.29 is 48.0 Å². The highest BCUT2D eigenvalue weighted by Gasteiger charge is 2.55. The van der Waals surface area contributed by atoms with Crippen LogP contribution >= 0.6 is 0 Å². The summed E-state index contributed by atoms with van der Waals surface area (Å²) < 4.78 is 29.9. The Balaban J connectivity index is 2.05. The highest BCUT2D eigenvalue weighted by Crippen LogP contribution is 2.38. The number of esters is 1. The molecular weight excluding hydrogens is 548 g/mol. The summed E-state index contributed by atoms with van der Waals surface area (Å²) in [6, 6.07) is -1.00. The first-order valence-electron chi connectivity index (χ1n) is 15.0. The van der Waals surface area contributed by atoms with Gasteiger partial charge in [-0.2, -0.15) is 0 Å². The minimum atomic E-state index is -1.31. The van der Waals surface area contributed by atoms with Crippen LogP contribution in [0, 0.1) is 17.8 Å². The maximum atomic E-state index is 13.9. The van der Waals surface area contributed by atoms with E-state index >= 15 is 0 Å². The van der Waals surface area contributed by atoms with E-state index in [2.05, 4.69) is 5.32 Å². The van der Waals surface area contributed by atoms with E-state index in [1.54, 1.807) is 34.6 Å². The van der Waals surface area contributed by atoms with Crippen molar-refractivity contribution in [2.75, 3.05) is 21.2 Å². The number of hydrogen-bond donors (Lipinski definition) is 2. The first-order chi connectivity index (χ1) is 19.5. The molecule has 12 heteroatoms. The number of likely N-dealkylation sites (N-methyl/N-ethyl adjacent to an activating group) is 1. The standard InChI is InChI=1S/C30H50N2O10/c1-11-22-30(7)21(31-28(37)42-30)13-20(33)15(2)14-29(6,38-10)25(17(4)23(34)18(5)26(36)40-22)41-27-24(35)19(32(8)9)12-16(3)39-27/h15-19,21-22,24-25,27,35H,11-14H2,1-10H3,(H,31,37)/t15-,16-,17+,18-,19+,21-,22-,24-,25-,27+,29+,30+/m1/s1. The molecule has 0 aromatic rings. The van der Waals surface area contributed by atoms with Crippen LogP contribution < -0.4 is 5.32 Å². The Kier molecular flexibility index (Phi) is 10.8. The van der Waals surface area contributed by atoms with Crippen molar-refractivity contribution in [2.24, 2.45) is 17.8 Å². The zero-order valence-corrected chi connectivity index (χ0v) is 26.7. The van der Waals surface area contributed by atoms with Crippen molar-refractivity contribution in [2.45, 2.75) is 128 Å². The Bertz CT molecular complexity index is 1020. The van der Waals surface area contributed by atoms with E-state index in [1.165, 1.54) is 14.0 Å². The van der Waals surface area contributed by atoms with Crippen molar-refractivity contribution in [3.05, 3.63) is 0 Å². The van der Waals surface area contributed by atoms with Gasteiger partial charge in [-0.25, -0.2) is 4.79 Å². The molecule has 0 bridgehead atoms. The minimum absolute atomic E-state index is 0.0563. The van der Waals surface area contributed by atoms with Gasteiger partial charge in [-0.05, 0) is 61.1 Å². The van der Waals surface area contributed by atoms with Crippen LogP contribution in [0.25, 0.3) is 0 Å². The molecule has 3 fully saturated rings. The lowest BCUT2D eigenvalue weighted by Crippen LogP contribution is -2.59. The van der Waals surface area contributed by atoms with E-state index in [9.17, 15) is 24.3 Å². The number of hydrogen-bond acceptors (Lipinski definition) is 11. The van der Waals surface area contributed by atoms with E-state index in [0.717, 1.165) is 0 Å². The van der Waals surface area contributed by atoms with Crippen LogP contribution in [0.3, 0.4) is 0 Å².